The van der Waals surface area contributed by atoms with E-state index in [0.29, 0.717) is 60.2 Å². The number of hydrogen-bond donors (Lipinski definition) is 3. The van der Waals surface area contributed by atoms with Crippen molar-refractivity contribution in [2.45, 2.75) is 115 Å². The van der Waals surface area contributed by atoms with Crippen molar-refractivity contribution in [2.24, 2.45) is 5.92 Å². The van der Waals surface area contributed by atoms with E-state index in [1.54, 1.807) is 43.5 Å². The van der Waals surface area contributed by atoms with Crippen LogP contribution in [0.2, 0.25) is 0 Å². The first-order valence-electron chi connectivity index (χ1n) is 18.9. The summed E-state index contributed by atoms with van der Waals surface area (Å²) >= 11 is 0. The van der Waals surface area contributed by atoms with Crippen molar-refractivity contribution in [2.75, 3.05) is 37.0 Å². The number of rotatable bonds is 14. The van der Waals surface area contributed by atoms with E-state index in [-0.39, 0.29) is 54.5 Å². The Bertz CT molecular complexity index is 1820. The first-order valence-corrected chi connectivity index (χ1v) is 20.7. The second kappa shape index (κ2) is 17.4. The second-order valence-electron chi connectivity index (χ2n) is 15.6. The number of aldehydes is 1. The SMILES string of the molecule is COC(C=O)CCCCCn1c(=O)c(C2CCS(O)(O)CC2)cc2c(N[C@H](C)c3cccc(C(F)(F)C4CCN(C(=O)OC(C)(C)C)CC4)c3)ncnc21. The molecule has 298 valence electrons. The zero-order valence-electron chi connectivity index (χ0n) is 31.9. The van der Waals surface area contributed by atoms with Crippen LogP contribution in [0.25, 0.3) is 11.0 Å². The Kier molecular flexibility index (Phi) is 13.4. The Balaban J connectivity index is 1.37. The van der Waals surface area contributed by atoms with Gasteiger partial charge in [-0.25, -0.2) is 23.5 Å². The number of aryl methyl sites for hydroxylation is 1. The van der Waals surface area contributed by atoms with Gasteiger partial charge in [0.15, 0.2) is 0 Å². The van der Waals surface area contributed by atoms with Gasteiger partial charge in [0.25, 0.3) is 11.5 Å². The van der Waals surface area contributed by atoms with Gasteiger partial charge in [0.05, 0.1) is 5.39 Å². The van der Waals surface area contributed by atoms with Crippen LogP contribution in [0.15, 0.2) is 41.5 Å². The third-order valence-corrected chi connectivity index (χ3v) is 12.3. The number of halogens is 2. The number of fused-ring (bicyclic) bond motifs is 1. The maximum Gasteiger partial charge on any atom is 0.410 e. The van der Waals surface area contributed by atoms with Crippen molar-refractivity contribution in [3.05, 3.63) is 63.7 Å². The lowest BCUT2D eigenvalue weighted by molar-refractivity contribution is -0.116. The lowest BCUT2D eigenvalue weighted by Gasteiger charge is -2.39. The number of methoxy groups -OCH3 is 1. The van der Waals surface area contributed by atoms with E-state index in [1.165, 1.54) is 30.5 Å². The van der Waals surface area contributed by atoms with E-state index in [1.807, 2.05) is 6.92 Å². The lowest BCUT2D eigenvalue weighted by atomic mass is 9.85. The molecule has 3 aromatic rings. The summed E-state index contributed by atoms with van der Waals surface area (Å²) in [5, 5.41) is 4.00. The molecule has 0 aliphatic carbocycles. The number of piperidine rings is 1. The summed E-state index contributed by atoms with van der Waals surface area (Å²) in [6.07, 6.45) is 5.16. The molecule has 2 atom stereocenters. The number of hydrogen-bond acceptors (Lipinski definition) is 10. The Morgan fingerprint density at radius 2 is 1.78 bits per heavy atom. The van der Waals surface area contributed by atoms with Crippen molar-refractivity contribution in [1.82, 2.24) is 19.4 Å². The average molecular weight is 776 g/mol. The standard InChI is InChI=1S/C39H55F2N5O7S/c1-26(28-10-9-11-30(22-28)39(40,41)29-13-18-45(19-14-29)37(49)53-38(2,3)4)44-34-33-23-32(27-15-20-54(50,51)21-16-27)36(48)46(35(33)43-25-42-34)17-8-6-7-12-31(24-47)52-5/h9-11,22-27,29,31,50-51H,6-8,12-21H2,1-5H3,(H,42,43,44)/t26-,31?/m1/s1. The molecule has 2 fully saturated rings. The Morgan fingerprint density at radius 3 is 2.43 bits per heavy atom. The minimum Gasteiger partial charge on any atom is -0.444 e. The van der Waals surface area contributed by atoms with E-state index in [0.717, 1.165) is 19.1 Å². The number of alkyl halides is 2. The number of nitrogens with one attached hydrogen (secondary N) is 1. The van der Waals surface area contributed by atoms with Gasteiger partial charge in [0.2, 0.25) is 0 Å². The quantitative estimate of drug-likeness (QED) is 0.108. The molecule has 2 saturated heterocycles. The van der Waals surface area contributed by atoms with Crippen LogP contribution in [-0.4, -0.2) is 84.3 Å². The highest BCUT2D eigenvalue weighted by Gasteiger charge is 2.44. The Morgan fingerprint density at radius 1 is 1.07 bits per heavy atom. The van der Waals surface area contributed by atoms with Gasteiger partial charge in [-0.05, 0) is 89.8 Å². The number of unbranched alkanes of at least 4 members (excludes halogenated alkanes) is 2. The number of anilines is 1. The zero-order valence-corrected chi connectivity index (χ0v) is 32.7. The number of benzene rings is 1. The lowest BCUT2D eigenvalue weighted by Crippen LogP contribution is -2.44. The predicted octanol–water partition coefficient (Wildman–Crippen LogP) is 8.11. The van der Waals surface area contributed by atoms with Gasteiger partial charge in [0.1, 0.15) is 35.8 Å². The number of aromatic nitrogens is 3. The van der Waals surface area contributed by atoms with Gasteiger partial charge < -0.3 is 24.5 Å². The third-order valence-electron chi connectivity index (χ3n) is 10.5. The maximum absolute atomic E-state index is 16.0. The van der Waals surface area contributed by atoms with Crippen LogP contribution in [0.5, 0.6) is 0 Å². The van der Waals surface area contributed by atoms with Crippen molar-refractivity contribution in [3.8, 4) is 0 Å². The number of carbonyl (C=O) groups is 2. The molecule has 1 unspecified atom stereocenters. The van der Waals surface area contributed by atoms with Gasteiger partial charge in [-0.3, -0.25) is 18.5 Å². The summed E-state index contributed by atoms with van der Waals surface area (Å²) in [7, 11) is -1.16. The average Bonchev–Trinajstić information content (AvgIpc) is 3.13. The Hall–Kier alpha value is -3.66. The van der Waals surface area contributed by atoms with E-state index in [4.69, 9.17) is 9.47 Å². The third kappa shape index (κ3) is 10.1. The number of nitrogens with zero attached hydrogens (tertiary/aromatic N) is 4. The number of amides is 1. The maximum atomic E-state index is 16.0. The van der Waals surface area contributed by atoms with Gasteiger partial charge in [-0.2, -0.15) is 10.6 Å². The summed E-state index contributed by atoms with van der Waals surface area (Å²) < 4.78 is 64.8. The fraction of sp³-hybridized carbons (Fsp3) is 0.615. The van der Waals surface area contributed by atoms with E-state index in [9.17, 15) is 23.5 Å². The van der Waals surface area contributed by atoms with Gasteiger partial charge in [-0.15, -0.1) is 0 Å². The fourth-order valence-electron chi connectivity index (χ4n) is 7.36. The first-order chi connectivity index (χ1) is 25.5. The molecule has 0 saturated carbocycles. The fourth-order valence-corrected chi connectivity index (χ4v) is 8.89. The largest absolute Gasteiger partial charge is 0.444 e. The normalized spacial score (nSPS) is 18.9. The molecule has 5 rings (SSSR count). The van der Waals surface area contributed by atoms with Crippen LogP contribution in [0.4, 0.5) is 19.4 Å². The smallest absolute Gasteiger partial charge is 0.410 e. The molecule has 2 aliphatic heterocycles. The van der Waals surface area contributed by atoms with E-state index >= 15 is 8.78 Å². The predicted molar refractivity (Wildman–Crippen MR) is 207 cm³/mol. The molecule has 1 aromatic carbocycles. The molecule has 3 N–H and O–H groups in total. The van der Waals surface area contributed by atoms with Crippen LogP contribution in [0.1, 0.15) is 108 Å². The van der Waals surface area contributed by atoms with E-state index in [2.05, 4.69) is 15.3 Å². The topological polar surface area (TPSA) is 156 Å². The Labute approximate surface area is 317 Å². The highest BCUT2D eigenvalue weighted by Crippen LogP contribution is 2.48. The minimum atomic E-state index is -3.12. The second-order valence-corrected chi connectivity index (χ2v) is 18.0. The van der Waals surface area contributed by atoms with Crippen LogP contribution in [0.3, 0.4) is 0 Å². The van der Waals surface area contributed by atoms with Crippen LogP contribution >= 0.6 is 10.6 Å². The molecule has 4 heterocycles. The first kappa shape index (κ1) is 41.5. The number of carbonyl (C=O) groups excluding carboxylic acids is 2. The van der Waals surface area contributed by atoms with Crippen molar-refractivity contribution >= 4 is 39.8 Å². The van der Waals surface area contributed by atoms with E-state index < -0.39 is 46.3 Å². The molecule has 12 nitrogen and oxygen atoms in total. The number of ether oxygens (including phenoxy) is 2. The van der Waals surface area contributed by atoms with Crippen LogP contribution < -0.4 is 10.9 Å². The number of pyridine rings is 1. The molecule has 2 aliphatic rings. The molecule has 15 heteroatoms. The van der Waals surface area contributed by atoms with Crippen molar-refractivity contribution in [3.63, 3.8) is 0 Å². The molecule has 2 aromatic heterocycles. The molecule has 54 heavy (non-hydrogen) atoms. The van der Waals surface area contributed by atoms with Gasteiger partial charge >= 0.3 is 6.09 Å². The summed E-state index contributed by atoms with van der Waals surface area (Å²) in [6, 6.07) is 7.71. The van der Waals surface area contributed by atoms with Gasteiger partial charge in [0, 0.05) is 61.3 Å². The molecular weight excluding hydrogens is 721 g/mol. The van der Waals surface area contributed by atoms with Crippen molar-refractivity contribution < 1.29 is 36.9 Å². The highest BCUT2D eigenvalue weighted by atomic mass is 32.3. The summed E-state index contributed by atoms with van der Waals surface area (Å²) in [5.74, 6) is -3.34. The highest BCUT2D eigenvalue weighted by molar-refractivity contribution is 8.24. The molecular formula is C39H55F2N5O7S. The monoisotopic (exact) mass is 775 g/mol. The number of likely N-dealkylation sites (tertiary alicyclic amines) is 1. The molecule has 0 bridgehead atoms. The molecule has 0 radical (unpaired) electrons. The zero-order chi connectivity index (χ0) is 39.3. The minimum absolute atomic E-state index is 0.0960. The van der Waals surface area contributed by atoms with Gasteiger partial charge in [-0.1, -0.05) is 31.0 Å². The molecule has 0 spiro atoms. The summed E-state index contributed by atoms with van der Waals surface area (Å²) in [4.78, 5) is 48.2. The van der Waals surface area contributed by atoms with Crippen molar-refractivity contribution in [1.29, 1.82) is 0 Å². The molecule has 1 amide bonds. The van der Waals surface area contributed by atoms with Crippen LogP contribution in [-0.2, 0) is 26.7 Å². The summed E-state index contributed by atoms with van der Waals surface area (Å²) in [5.41, 5.74) is 0.680. The van der Waals surface area contributed by atoms with Crippen LogP contribution in [0, 0.1) is 5.92 Å². The summed E-state index contributed by atoms with van der Waals surface area (Å²) in [6.45, 7) is 7.95.